The number of hydrogen-bond donors (Lipinski definition) is 1. The van der Waals surface area contributed by atoms with Crippen molar-refractivity contribution in [3.63, 3.8) is 0 Å². The van der Waals surface area contributed by atoms with E-state index in [2.05, 4.69) is 5.32 Å². The Kier molecular flexibility index (Phi) is 5.52. The standard InChI is InChI=1S/C15H16N2O2S2/c1-11-2-4-12(5-3-11)6-7-13(18)16-8-9-17-14(19)10-21-15(17)20/h2-7H,8-10H2,1H3,(H,16,18)/b7-6+. The number of carbonyl (C=O) groups is 2. The van der Waals surface area contributed by atoms with E-state index in [1.807, 2.05) is 31.2 Å². The molecule has 110 valence electrons. The number of benzene rings is 1. The first-order chi connectivity index (χ1) is 10.1. The van der Waals surface area contributed by atoms with E-state index in [0.29, 0.717) is 23.2 Å². The summed E-state index contributed by atoms with van der Waals surface area (Å²) in [6.45, 7) is 2.83. The Balaban J connectivity index is 1.76. The third kappa shape index (κ3) is 4.68. The molecule has 2 rings (SSSR count). The molecule has 4 nitrogen and oxygen atoms in total. The van der Waals surface area contributed by atoms with E-state index in [0.717, 1.165) is 5.56 Å². The second-order valence-corrected chi connectivity index (χ2v) is 6.24. The van der Waals surface area contributed by atoms with Gasteiger partial charge in [-0.2, -0.15) is 0 Å². The van der Waals surface area contributed by atoms with Crippen LogP contribution in [0.5, 0.6) is 0 Å². The first-order valence-electron chi connectivity index (χ1n) is 6.56. The smallest absolute Gasteiger partial charge is 0.244 e. The summed E-state index contributed by atoms with van der Waals surface area (Å²) in [7, 11) is 0. The Hall–Kier alpha value is -1.66. The number of hydrogen-bond acceptors (Lipinski definition) is 4. The van der Waals surface area contributed by atoms with Gasteiger partial charge in [0.1, 0.15) is 4.32 Å². The molecule has 2 amide bonds. The maximum Gasteiger partial charge on any atom is 0.244 e. The van der Waals surface area contributed by atoms with E-state index < -0.39 is 0 Å². The molecule has 1 aromatic rings. The zero-order valence-electron chi connectivity index (χ0n) is 11.7. The van der Waals surface area contributed by atoms with Crippen LogP contribution in [0.1, 0.15) is 11.1 Å². The summed E-state index contributed by atoms with van der Waals surface area (Å²) >= 11 is 6.43. The molecule has 1 fully saturated rings. The van der Waals surface area contributed by atoms with Crippen LogP contribution in [-0.2, 0) is 9.59 Å². The van der Waals surface area contributed by atoms with Crippen molar-refractivity contribution in [2.45, 2.75) is 6.92 Å². The first kappa shape index (κ1) is 15.7. The number of thiocarbonyl (C=S) groups is 1. The summed E-state index contributed by atoms with van der Waals surface area (Å²) < 4.78 is 0.587. The summed E-state index contributed by atoms with van der Waals surface area (Å²) in [6, 6.07) is 7.90. The van der Waals surface area contributed by atoms with Gasteiger partial charge in [-0.3, -0.25) is 14.5 Å². The Labute approximate surface area is 133 Å². The molecule has 1 saturated heterocycles. The van der Waals surface area contributed by atoms with Gasteiger partial charge in [0.25, 0.3) is 0 Å². The topological polar surface area (TPSA) is 49.4 Å². The van der Waals surface area contributed by atoms with Crippen molar-refractivity contribution in [1.82, 2.24) is 10.2 Å². The van der Waals surface area contributed by atoms with Crippen LogP contribution >= 0.6 is 24.0 Å². The van der Waals surface area contributed by atoms with E-state index in [9.17, 15) is 9.59 Å². The molecular formula is C15H16N2O2S2. The molecule has 1 aliphatic heterocycles. The average Bonchev–Trinajstić information content (AvgIpc) is 2.78. The summed E-state index contributed by atoms with van der Waals surface area (Å²) in [5.74, 6) is 0.232. The predicted molar refractivity (Wildman–Crippen MR) is 90.0 cm³/mol. The summed E-state index contributed by atoms with van der Waals surface area (Å²) in [6.07, 6.45) is 3.25. The van der Waals surface area contributed by atoms with Crippen molar-refractivity contribution in [1.29, 1.82) is 0 Å². The molecule has 0 aromatic heterocycles. The Morgan fingerprint density at radius 1 is 1.43 bits per heavy atom. The largest absolute Gasteiger partial charge is 0.351 e. The van der Waals surface area contributed by atoms with E-state index >= 15 is 0 Å². The zero-order chi connectivity index (χ0) is 15.2. The van der Waals surface area contributed by atoms with Gasteiger partial charge in [-0.1, -0.05) is 53.8 Å². The van der Waals surface area contributed by atoms with Crippen LogP contribution in [0.3, 0.4) is 0 Å². The molecule has 0 spiro atoms. The van der Waals surface area contributed by atoms with Crippen LogP contribution in [0.4, 0.5) is 0 Å². The SMILES string of the molecule is Cc1ccc(/C=C/C(=O)NCCN2C(=O)CSC2=S)cc1. The lowest BCUT2D eigenvalue weighted by atomic mass is 10.1. The number of aryl methyl sites for hydroxylation is 1. The fraction of sp³-hybridized carbons (Fsp3) is 0.267. The van der Waals surface area contributed by atoms with Crippen LogP contribution in [0.2, 0.25) is 0 Å². The quantitative estimate of drug-likeness (QED) is 0.666. The third-order valence-corrected chi connectivity index (χ3v) is 4.41. The predicted octanol–water partition coefficient (Wildman–Crippen LogP) is 1.98. The molecule has 0 unspecified atom stereocenters. The van der Waals surface area contributed by atoms with Crippen molar-refractivity contribution < 1.29 is 9.59 Å². The van der Waals surface area contributed by atoms with Gasteiger partial charge in [-0.05, 0) is 18.6 Å². The zero-order valence-corrected chi connectivity index (χ0v) is 13.3. The maximum atomic E-state index is 11.7. The number of nitrogens with one attached hydrogen (secondary N) is 1. The van der Waals surface area contributed by atoms with Crippen LogP contribution in [0.15, 0.2) is 30.3 Å². The monoisotopic (exact) mass is 320 g/mol. The van der Waals surface area contributed by atoms with Crippen molar-refractivity contribution in [3.8, 4) is 0 Å². The van der Waals surface area contributed by atoms with Crippen molar-refractivity contribution in [2.75, 3.05) is 18.8 Å². The van der Waals surface area contributed by atoms with E-state index in [1.165, 1.54) is 28.3 Å². The Morgan fingerprint density at radius 3 is 2.76 bits per heavy atom. The highest BCUT2D eigenvalue weighted by Gasteiger charge is 2.25. The molecule has 1 aliphatic rings. The first-order valence-corrected chi connectivity index (χ1v) is 7.95. The molecule has 6 heteroatoms. The second kappa shape index (κ2) is 7.38. The van der Waals surface area contributed by atoms with Gasteiger partial charge < -0.3 is 5.32 Å². The van der Waals surface area contributed by atoms with E-state index in [-0.39, 0.29) is 11.8 Å². The van der Waals surface area contributed by atoms with Crippen LogP contribution in [0, 0.1) is 6.92 Å². The van der Waals surface area contributed by atoms with E-state index in [1.54, 1.807) is 6.08 Å². The minimum Gasteiger partial charge on any atom is -0.351 e. The molecule has 1 N–H and O–H groups in total. The minimum absolute atomic E-state index is 0.00875. The summed E-state index contributed by atoms with van der Waals surface area (Å²) in [4.78, 5) is 24.7. The fourth-order valence-corrected chi connectivity index (χ4v) is 2.92. The lowest BCUT2D eigenvalue weighted by Gasteiger charge is -2.14. The van der Waals surface area contributed by atoms with E-state index in [4.69, 9.17) is 12.2 Å². The van der Waals surface area contributed by atoms with Crippen LogP contribution in [0.25, 0.3) is 6.08 Å². The van der Waals surface area contributed by atoms with Gasteiger partial charge in [-0.25, -0.2) is 0 Å². The highest BCUT2D eigenvalue weighted by atomic mass is 32.2. The molecule has 21 heavy (non-hydrogen) atoms. The molecule has 0 saturated carbocycles. The van der Waals surface area contributed by atoms with Crippen LogP contribution < -0.4 is 5.32 Å². The van der Waals surface area contributed by atoms with Gasteiger partial charge in [-0.15, -0.1) is 0 Å². The average molecular weight is 320 g/mol. The number of carbonyl (C=O) groups excluding carboxylic acids is 2. The Bertz CT molecular complexity index is 566. The number of amides is 2. The van der Waals surface area contributed by atoms with Crippen molar-refractivity contribution >= 4 is 46.2 Å². The fourth-order valence-electron chi connectivity index (χ4n) is 1.80. The molecule has 1 heterocycles. The van der Waals surface area contributed by atoms with Gasteiger partial charge in [0.15, 0.2) is 0 Å². The number of thioether (sulfide) groups is 1. The molecule has 0 aliphatic carbocycles. The molecule has 0 atom stereocenters. The highest BCUT2D eigenvalue weighted by Crippen LogP contribution is 2.18. The number of rotatable bonds is 5. The van der Waals surface area contributed by atoms with Gasteiger partial charge in [0.05, 0.1) is 5.75 Å². The maximum absolute atomic E-state index is 11.7. The molecule has 1 aromatic carbocycles. The lowest BCUT2D eigenvalue weighted by Crippen LogP contribution is -2.36. The van der Waals surface area contributed by atoms with Gasteiger partial charge >= 0.3 is 0 Å². The molecular weight excluding hydrogens is 304 g/mol. The van der Waals surface area contributed by atoms with Crippen molar-refractivity contribution in [2.24, 2.45) is 0 Å². The second-order valence-electron chi connectivity index (χ2n) is 4.64. The third-order valence-electron chi connectivity index (χ3n) is 2.98. The molecule has 0 bridgehead atoms. The van der Waals surface area contributed by atoms with Crippen LogP contribution in [-0.4, -0.2) is 39.9 Å². The minimum atomic E-state index is -0.180. The lowest BCUT2D eigenvalue weighted by molar-refractivity contribution is -0.124. The Morgan fingerprint density at radius 2 is 2.14 bits per heavy atom. The summed E-state index contributed by atoms with van der Waals surface area (Å²) in [5.41, 5.74) is 2.16. The summed E-state index contributed by atoms with van der Waals surface area (Å²) in [5, 5.41) is 2.74. The number of nitrogens with zero attached hydrogens (tertiary/aromatic N) is 1. The normalized spacial score (nSPS) is 15.0. The molecule has 0 radical (unpaired) electrons. The van der Waals surface area contributed by atoms with Crippen molar-refractivity contribution in [3.05, 3.63) is 41.5 Å². The van der Waals surface area contributed by atoms with Gasteiger partial charge in [0, 0.05) is 19.2 Å². The highest BCUT2D eigenvalue weighted by molar-refractivity contribution is 8.23. The van der Waals surface area contributed by atoms with Gasteiger partial charge in [0.2, 0.25) is 11.8 Å².